The molecule has 126 valence electrons. The Morgan fingerprint density at radius 3 is 2.55 bits per heavy atom. The summed E-state index contributed by atoms with van der Waals surface area (Å²) in [5.74, 6) is 2.49. The first-order chi connectivity index (χ1) is 10.5. The Hall–Kier alpha value is -0.157. The van der Waals surface area contributed by atoms with E-state index in [0.717, 1.165) is 40.6 Å². The maximum absolute atomic E-state index is 10.7. The maximum atomic E-state index is 10.7. The Morgan fingerprint density at radius 2 is 2.00 bits per heavy atom. The van der Waals surface area contributed by atoms with Gasteiger partial charge in [0.1, 0.15) is 0 Å². The number of halogens is 2. The molecule has 0 aliphatic carbocycles. The van der Waals surface area contributed by atoms with Gasteiger partial charge >= 0.3 is 146 Å². The van der Waals surface area contributed by atoms with Crippen molar-refractivity contribution in [2.24, 2.45) is 5.34 Å². The molecule has 0 atom stereocenters. The summed E-state index contributed by atoms with van der Waals surface area (Å²) >= 11 is -1.98. The molecule has 4 nitrogen and oxygen atoms in total. The number of rotatable bonds is 6. The van der Waals surface area contributed by atoms with Crippen molar-refractivity contribution in [2.75, 3.05) is 11.5 Å². The number of nitrogens with zero attached hydrogens (tertiary/aromatic N) is 1. The molecule has 0 bridgehead atoms. The molecule has 8 heteroatoms. The second-order valence-corrected chi connectivity index (χ2v) is 14.0. The van der Waals surface area contributed by atoms with Crippen LogP contribution in [-0.4, -0.2) is 22.2 Å². The van der Waals surface area contributed by atoms with Crippen molar-refractivity contribution in [1.82, 2.24) is 0 Å². The van der Waals surface area contributed by atoms with E-state index in [1.165, 1.54) is 0 Å². The van der Waals surface area contributed by atoms with E-state index < -0.39 is 23.8 Å². The summed E-state index contributed by atoms with van der Waals surface area (Å²) in [6.07, 6.45) is 2.16. The Morgan fingerprint density at radius 1 is 1.32 bits per heavy atom. The van der Waals surface area contributed by atoms with Gasteiger partial charge in [0.2, 0.25) is 0 Å². The van der Waals surface area contributed by atoms with Crippen LogP contribution in [0.25, 0.3) is 0 Å². The molecule has 1 heterocycles. The van der Waals surface area contributed by atoms with Crippen LogP contribution in [0.5, 0.6) is 5.75 Å². The van der Waals surface area contributed by atoms with Crippen LogP contribution in [-0.2, 0) is 17.8 Å². The zero-order valence-electron chi connectivity index (χ0n) is 12.4. The van der Waals surface area contributed by atoms with Crippen LogP contribution in [0.1, 0.15) is 32.3 Å². The molecule has 1 aromatic carbocycles. The summed E-state index contributed by atoms with van der Waals surface area (Å²) in [4.78, 5) is 11.7. The first kappa shape index (κ1) is 18.2. The van der Waals surface area contributed by atoms with Gasteiger partial charge in [-0.2, -0.15) is 0 Å². The molecule has 22 heavy (non-hydrogen) atoms. The van der Waals surface area contributed by atoms with E-state index in [1.54, 1.807) is 0 Å². The van der Waals surface area contributed by atoms with Gasteiger partial charge in [-0.25, -0.2) is 0 Å². The Balaban J connectivity index is 2.45. The molecule has 0 amide bonds. The Bertz CT molecular complexity index is 573. The minimum absolute atomic E-state index is 0.0602. The second kappa shape index (κ2) is 8.09. The molecule has 1 aliphatic rings. The third-order valence-electron chi connectivity index (χ3n) is 3.33. The summed E-state index contributed by atoms with van der Waals surface area (Å²) in [6.45, 7) is 3.94. The van der Waals surface area contributed by atoms with Crippen molar-refractivity contribution in [3.8, 4) is 5.75 Å². The van der Waals surface area contributed by atoms with Gasteiger partial charge in [0.05, 0.1) is 0 Å². The predicted molar refractivity (Wildman–Crippen MR) is 90.8 cm³/mol. The average Bonchev–Trinajstić information content (AvgIpc) is 2.90. The van der Waals surface area contributed by atoms with Gasteiger partial charge in [0.15, 0.2) is 0 Å². The molecule has 0 aromatic heterocycles. The van der Waals surface area contributed by atoms with Gasteiger partial charge in [-0.3, -0.25) is 0 Å². The molecule has 1 fully saturated rings. The van der Waals surface area contributed by atoms with Crippen LogP contribution >= 0.6 is 29.7 Å². The molecule has 0 N–H and O–H groups in total. The van der Waals surface area contributed by atoms with E-state index in [9.17, 15) is 4.91 Å². The van der Waals surface area contributed by atoms with Crippen molar-refractivity contribution in [2.45, 2.75) is 37.7 Å². The molecule has 1 aromatic rings. The predicted octanol–water partition coefficient (Wildman–Crippen LogP) is 5.12. The topological polar surface area (TPSA) is 47.9 Å². The van der Waals surface area contributed by atoms with Gasteiger partial charge in [-0.05, 0) is 0 Å². The molecule has 1 saturated heterocycles. The van der Waals surface area contributed by atoms with Crippen LogP contribution in [0.4, 0.5) is 0 Å². The van der Waals surface area contributed by atoms with Crippen LogP contribution in [0, 0.1) is 4.91 Å². The average molecular weight is 453 g/mol. The van der Waals surface area contributed by atoms with E-state index in [4.69, 9.17) is 28.4 Å². The molecular formula is C14H19Cl2NO3RuS. The van der Waals surface area contributed by atoms with Crippen molar-refractivity contribution in [3.63, 3.8) is 0 Å². The third-order valence-corrected chi connectivity index (χ3v) is 8.52. The van der Waals surface area contributed by atoms with E-state index in [-0.39, 0.29) is 6.10 Å². The van der Waals surface area contributed by atoms with Crippen molar-refractivity contribution < 1.29 is 22.5 Å². The van der Waals surface area contributed by atoms with Gasteiger partial charge in [0.25, 0.3) is 0 Å². The summed E-state index contributed by atoms with van der Waals surface area (Å²) < 4.78 is 13.0. The van der Waals surface area contributed by atoms with Crippen molar-refractivity contribution in [3.05, 3.63) is 28.7 Å². The standard InChI is InChI=1S/C14H19NO3S.2ClH.Ru/c1-11(2)17-14-7-6-13(10-12(14)3)19(18-15-16)8-4-5-9-19;;;/h3,6-7,10-11H,4-5,8-9H2,1-2H3;2*1H;/q;;;+2/p-2. The van der Waals surface area contributed by atoms with Crippen molar-refractivity contribution in [1.29, 1.82) is 0 Å². The first-order valence-corrected chi connectivity index (χ1v) is 14.3. The molecule has 0 unspecified atom stereocenters. The van der Waals surface area contributed by atoms with Gasteiger partial charge in [-0.1, -0.05) is 0 Å². The van der Waals surface area contributed by atoms with E-state index >= 15 is 0 Å². The number of hydrogen-bond acceptors (Lipinski definition) is 4. The van der Waals surface area contributed by atoms with E-state index in [2.05, 4.69) is 5.34 Å². The van der Waals surface area contributed by atoms with E-state index in [0.29, 0.717) is 0 Å². The summed E-state index contributed by atoms with van der Waals surface area (Å²) in [6, 6.07) is 5.88. The monoisotopic (exact) mass is 453 g/mol. The SMILES string of the molecule is CC(C)Oc1ccc(S2(ON=O)CCCC2)cc1[CH]=[Ru]([Cl])[Cl]. The van der Waals surface area contributed by atoms with Crippen LogP contribution in [0.3, 0.4) is 0 Å². The first-order valence-electron chi connectivity index (χ1n) is 6.91. The fourth-order valence-corrected chi connectivity index (χ4v) is 7.28. The van der Waals surface area contributed by atoms with Crippen LogP contribution in [0.2, 0.25) is 0 Å². The quantitative estimate of drug-likeness (QED) is 0.341. The zero-order valence-corrected chi connectivity index (χ0v) is 16.5. The molecular weight excluding hydrogens is 434 g/mol. The fraction of sp³-hybridized carbons (Fsp3) is 0.500. The van der Waals surface area contributed by atoms with E-state index in [1.807, 2.05) is 36.7 Å². The summed E-state index contributed by atoms with van der Waals surface area (Å²) in [5, 5.41) is 2.73. The summed E-state index contributed by atoms with van der Waals surface area (Å²) in [5.41, 5.74) is 0.878. The molecule has 1 aliphatic heterocycles. The molecule has 0 radical (unpaired) electrons. The van der Waals surface area contributed by atoms with Gasteiger partial charge in [-0.15, -0.1) is 0 Å². The number of benzene rings is 1. The van der Waals surface area contributed by atoms with Crippen LogP contribution in [0.15, 0.2) is 28.4 Å². The minimum atomic E-state index is -1.98. The van der Waals surface area contributed by atoms with Crippen molar-refractivity contribution >= 4 is 34.3 Å². The van der Waals surface area contributed by atoms with Crippen LogP contribution < -0.4 is 4.74 Å². The summed E-state index contributed by atoms with van der Waals surface area (Å²) in [7, 11) is 10.4. The second-order valence-electron chi connectivity index (χ2n) is 5.25. The molecule has 0 spiro atoms. The van der Waals surface area contributed by atoms with Gasteiger partial charge < -0.3 is 0 Å². The Labute approximate surface area is 145 Å². The number of ether oxygens (including phenoxy) is 1. The molecule has 0 saturated carbocycles. The number of hydrogen-bond donors (Lipinski definition) is 0. The third kappa shape index (κ3) is 4.44. The zero-order chi connectivity index (χ0) is 16.2. The Kier molecular flexibility index (Phi) is 6.69. The van der Waals surface area contributed by atoms with Gasteiger partial charge in [0, 0.05) is 0 Å². The normalized spacial score (nSPS) is 18.7. The molecule has 2 rings (SSSR count). The fourth-order valence-electron chi connectivity index (χ4n) is 2.47.